The first-order valence-electron chi connectivity index (χ1n) is 9.56. The van der Waals surface area contributed by atoms with E-state index < -0.39 is 0 Å². The standard InChI is InChI=1S/C20H25N3O4S/c1-3-18(24)21-15-6-5-9-23(12-15)20(26)22-14-7-8-16-13(10-14)11-17(28-16)19(25)27-4-2/h7-8,10-11,15H,3-6,9,12H2,1-2H3,(H,21,24)(H,22,26). The van der Waals surface area contributed by atoms with Gasteiger partial charge in [0.1, 0.15) is 4.88 Å². The van der Waals surface area contributed by atoms with Crippen molar-refractivity contribution in [1.29, 1.82) is 0 Å². The Kier molecular flexibility index (Phi) is 6.51. The number of carbonyl (C=O) groups is 3. The van der Waals surface area contributed by atoms with Crippen molar-refractivity contribution in [2.24, 2.45) is 0 Å². The molecule has 0 spiro atoms. The summed E-state index contributed by atoms with van der Waals surface area (Å²) in [4.78, 5) is 38.4. The maximum Gasteiger partial charge on any atom is 0.348 e. The zero-order valence-corrected chi connectivity index (χ0v) is 16.9. The van der Waals surface area contributed by atoms with Gasteiger partial charge >= 0.3 is 12.0 Å². The molecule has 28 heavy (non-hydrogen) atoms. The summed E-state index contributed by atoms with van der Waals surface area (Å²) in [6, 6.07) is 7.16. The fourth-order valence-corrected chi connectivity index (χ4v) is 4.17. The van der Waals surface area contributed by atoms with E-state index in [1.54, 1.807) is 17.9 Å². The monoisotopic (exact) mass is 403 g/mol. The number of esters is 1. The van der Waals surface area contributed by atoms with E-state index in [2.05, 4.69) is 10.6 Å². The molecule has 150 valence electrons. The molecule has 1 aliphatic rings. The average Bonchev–Trinajstić information content (AvgIpc) is 3.12. The van der Waals surface area contributed by atoms with Crippen molar-refractivity contribution in [2.75, 3.05) is 25.0 Å². The number of benzene rings is 1. The van der Waals surface area contributed by atoms with Crippen molar-refractivity contribution in [3.8, 4) is 0 Å². The summed E-state index contributed by atoms with van der Waals surface area (Å²) in [5.41, 5.74) is 0.672. The highest BCUT2D eigenvalue weighted by Crippen LogP contribution is 2.29. The predicted molar refractivity (Wildman–Crippen MR) is 110 cm³/mol. The molecule has 7 nitrogen and oxygen atoms in total. The highest BCUT2D eigenvalue weighted by Gasteiger charge is 2.24. The van der Waals surface area contributed by atoms with E-state index in [-0.39, 0.29) is 23.9 Å². The van der Waals surface area contributed by atoms with E-state index in [1.807, 2.05) is 25.1 Å². The normalized spacial score (nSPS) is 16.6. The molecule has 2 N–H and O–H groups in total. The molecule has 3 amide bonds. The topological polar surface area (TPSA) is 87.7 Å². The van der Waals surface area contributed by atoms with Crippen LogP contribution in [0, 0.1) is 0 Å². The van der Waals surface area contributed by atoms with Crippen LogP contribution in [0.25, 0.3) is 10.1 Å². The van der Waals surface area contributed by atoms with Gasteiger partial charge in [-0.1, -0.05) is 6.92 Å². The first kappa shape index (κ1) is 20.1. The summed E-state index contributed by atoms with van der Waals surface area (Å²) in [7, 11) is 0. The van der Waals surface area contributed by atoms with Gasteiger partial charge in [0, 0.05) is 35.9 Å². The second-order valence-electron chi connectivity index (χ2n) is 6.72. The Morgan fingerprint density at radius 1 is 1.25 bits per heavy atom. The number of rotatable bonds is 5. The molecule has 0 radical (unpaired) electrons. The largest absolute Gasteiger partial charge is 0.462 e. The molecule has 1 fully saturated rings. The van der Waals surface area contributed by atoms with E-state index in [4.69, 9.17) is 4.74 Å². The quantitative estimate of drug-likeness (QED) is 0.747. The fourth-order valence-electron chi connectivity index (χ4n) is 3.24. The van der Waals surface area contributed by atoms with Crippen LogP contribution in [-0.2, 0) is 9.53 Å². The third kappa shape index (κ3) is 4.81. The van der Waals surface area contributed by atoms with Crippen LogP contribution >= 0.6 is 11.3 Å². The molecule has 1 saturated heterocycles. The van der Waals surface area contributed by atoms with Crippen LogP contribution in [0.3, 0.4) is 0 Å². The minimum atomic E-state index is -0.331. The molecule has 1 aromatic carbocycles. The van der Waals surface area contributed by atoms with Gasteiger partial charge < -0.3 is 20.3 Å². The molecule has 3 rings (SSSR count). The molecule has 0 bridgehead atoms. The van der Waals surface area contributed by atoms with Crippen molar-refractivity contribution in [3.05, 3.63) is 29.1 Å². The number of hydrogen-bond donors (Lipinski definition) is 2. The summed E-state index contributed by atoms with van der Waals surface area (Å²) in [5.74, 6) is -0.324. The van der Waals surface area contributed by atoms with Crippen molar-refractivity contribution < 1.29 is 19.1 Å². The number of fused-ring (bicyclic) bond motifs is 1. The zero-order chi connectivity index (χ0) is 20.1. The smallest absolute Gasteiger partial charge is 0.348 e. The highest BCUT2D eigenvalue weighted by molar-refractivity contribution is 7.20. The third-order valence-corrected chi connectivity index (χ3v) is 5.74. The fraction of sp³-hybridized carbons (Fsp3) is 0.450. The zero-order valence-electron chi connectivity index (χ0n) is 16.1. The van der Waals surface area contributed by atoms with E-state index in [9.17, 15) is 14.4 Å². The van der Waals surface area contributed by atoms with Crippen LogP contribution in [0.15, 0.2) is 24.3 Å². The minimum absolute atomic E-state index is 0.00144. The third-order valence-electron chi connectivity index (χ3n) is 4.64. The number of anilines is 1. The first-order valence-corrected chi connectivity index (χ1v) is 10.4. The lowest BCUT2D eigenvalue weighted by Gasteiger charge is -2.33. The Balaban J connectivity index is 1.65. The van der Waals surface area contributed by atoms with Gasteiger partial charge in [-0.15, -0.1) is 11.3 Å². The van der Waals surface area contributed by atoms with Gasteiger partial charge in [0.2, 0.25) is 5.91 Å². The van der Waals surface area contributed by atoms with Crippen LogP contribution < -0.4 is 10.6 Å². The lowest BCUT2D eigenvalue weighted by atomic mass is 10.1. The van der Waals surface area contributed by atoms with Crippen molar-refractivity contribution >= 4 is 45.0 Å². The maximum absolute atomic E-state index is 12.6. The van der Waals surface area contributed by atoms with E-state index in [0.717, 1.165) is 22.9 Å². The lowest BCUT2D eigenvalue weighted by Crippen LogP contribution is -2.50. The molecule has 1 atom stereocenters. The number of hydrogen-bond acceptors (Lipinski definition) is 5. The summed E-state index contributed by atoms with van der Waals surface area (Å²) < 4.78 is 6.00. The minimum Gasteiger partial charge on any atom is -0.462 e. The average molecular weight is 404 g/mol. The molecule has 1 unspecified atom stereocenters. The summed E-state index contributed by atoms with van der Waals surface area (Å²) >= 11 is 1.37. The summed E-state index contributed by atoms with van der Waals surface area (Å²) in [6.07, 6.45) is 2.18. The van der Waals surface area contributed by atoms with E-state index in [1.165, 1.54) is 11.3 Å². The van der Waals surface area contributed by atoms with Crippen LogP contribution in [0.1, 0.15) is 42.8 Å². The number of thiophene rings is 1. The number of nitrogens with one attached hydrogen (secondary N) is 2. The Morgan fingerprint density at radius 2 is 2.07 bits per heavy atom. The Bertz CT molecular complexity index is 879. The number of nitrogens with zero attached hydrogens (tertiary/aromatic N) is 1. The van der Waals surface area contributed by atoms with Crippen molar-refractivity contribution in [2.45, 2.75) is 39.2 Å². The van der Waals surface area contributed by atoms with Gasteiger partial charge in [-0.05, 0) is 49.4 Å². The Hall–Kier alpha value is -2.61. The SMILES string of the molecule is CCOC(=O)c1cc2cc(NC(=O)N3CCCC(NC(=O)CC)C3)ccc2s1. The van der Waals surface area contributed by atoms with Gasteiger partial charge in [-0.3, -0.25) is 4.79 Å². The van der Waals surface area contributed by atoms with Crippen LogP contribution in [-0.4, -0.2) is 48.5 Å². The molecule has 0 saturated carbocycles. The number of ether oxygens (including phenoxy) is 1. The summed E-state index contributed by atoms with van der Waals surface area (Å²) in [6.45, 7) is 5.10. The molecule has 2 aromatic rings. The van der Waals surface area contributed by atoms with Gasteiger partial charge in [0.15, 0.2) is 0 Å². The lowest BCUT2D eigenvalue weighted by molar-refractivity contribution is -0.121. The predicted octanol–water partition coefficient (Wildman–Crippen LogP) is 3.60. The highest BCUT2D eigenvalue weighted by atomic mass is 32.1. The second kappa shape index (κ2) is 9.05. The molecule has 8 heteroatoms. The Morgan fingerprint density at radius 3 is 2.82 bits per heavy atom. The molecular weight excluding hydrogens is 378 g/mol. The van der Waals surface area contributed by atoms with Crippen molar-refractivity contribution in [3.63, 3.8) is 0 Å². The molecular formula is C20H25N3O4S. The van der Waals surface area contributed by atoms with Crippen LogP contribution in [0.5, 0.6) is 0 Å². The molecule has 2 heterocycles. The van der Waals surface area contributed by atoms with Crippen LogP contribution in [0.2, 0.25) is 0 Å². The number of likely N-dealkylation sites (tertiary alicyclic amines) is 1. The first-order chi connectivity index (χ1) is 13.5. The summed E-state index contributed by atoms with van der Waals surface area (Å²) in [5, 5.41) is 6.77. The molecule has 1 aliphatic heterocycles. The van der Waals surface area contributed by atoms with Gasteiger partial charge in [0.05, 0.1) is 6.61 Å². The van der Waals surface area contributed by atoms with Gasteiger partial charge in [-0.25, -0.2) is 9.59 Å². The van der Waals surface area contributed by atoms with Gasteiger partial charge in [0.25, 0.3) is 0 Å². The van der Waals surface area contributed by atoms with Crippen LogP contribution in [0.4, 0.5) is 10.5 Å². The molecule has 1 aromatic heterocycles. The van der Waals surface area contributed by atoms with E-state index >= 15 is 0 Å². The van der Waals surface area contributed by atoms with E-state index in [0.29, 0.717) is 36.7 Å². The number of amides is 3. The number of piperidine rings is 1. The molecule has 0 aliphatic carbocycles. The second-order valence-corrected chi connectivity index (χ2v) is 7.80. The Labute approximate surface area is 168 Å². The van der Waals surface area contributed by atoms with Crippen molar-refractivity contribution in [1.82, 2.24) is 10.2 Å². The number of urea groups is 1. The maximum atomic E-state index is 12.6. The number of carbonyl (C=O) groups excluding carboxylic acids is 3. The van der Waals surface area contributed by atoms with Gasteiger partial charge in [-0.2, -0.15) is 0 Å².